The number of benzene rings is 1. The van der Waals surface area contributed by atoms with E-state index in [1.54, 1.807) is 0 Å². The first-order chi connectivity index (χ1) is 7.46. The van der Waals surface area contributed by atoms with Crippen LogP contribution in [-0.4, -0.2) is 17.3 Å². The minimum Gasteiger partial charge on any atom is -0.389 e. The maximum absolute atomic E-state index is 9.69. The molecule has 0 fully saturated rings. The van der Waals surface area contributed by atoms with Crippen molar-refractivity contribution >= 4 is 11.6 Å². The predicted octanol–water partition coefficient (Wildman–Crippen LogP) is 2.69. The lowest BCUT2D eigenvalue weighted by atomic mass is 10.1. The first-order valence-corrected chi connectivity index (χ1v) is 6.07. The lowest BCUT2D eigenvalue weighted by molar-refractivity contribution is 0.0764. The first kappa shape index (κ1) is 11.9. The summed E-state index contributed by atoms with van der Waals surface area (Å²) in [5.41, 5.74) is 2.00. The molecule has 88 valence electrons. The maximum Gasteiger partial charge on any atom is 0.0715 e. The molecule has 3 heteroatoms. The van der Waals surface area contributed by atoms with Gasteiger partial charge in [-0.3, -0.25) is 0 Å². The van der Waals surface area contributed by atoms with Crippen molar-refractivity contribution in [3.05, 3.63) is 34.3 Å². The zero-order chi connectivity index (χ0) is 11.8. The van der Waals surface area contributed by atoms with Gasteiger partial charge in [0.1, 0.15) is 0 Å². The Labute approximate surface area is 102 Å². The molecule has 0 aliphatic heterocycles. The van der Waals surface area contributed by atoms with Crippen molar-refractivity contribution in [1.29, 1.82) is 0 Å². The molecule has 1 aliphatic carbocycles. The third-order valence-corrected chi connectivity index (χ3v) is 3.20. The van der Waals surface area contributed by atoms with E-state index in [-0.39, 0.29) is 0 Å². The smallest absolute Gasteiger partial charge is 0.0715 e. The van der Waals surface area contributed by atoms with Crippen LogP contribution < -0.4 is 5.32 Å². The molecule has 1 unspecified atom stereocenters. The summed E-state index contributed by atoms with van der Waals surface area (Å²) < 4.78 is 0. The van der Waals surface area contributed by atoms with Gasteiger partial charge in [-0.15, -0.1) is 0 Å². The Hall–Kier alpha value is -0.570. The number of aliphatic hydroxyl groups is 1. The van der Waals surface area contributed by atoms with Crippen molar-refractivity contribution in [1.82, 2.24) is 5.32 Å². The predicted molar refractivity (Wildman–Crippen MR) is 66.8 cm³/mol. The molecule has 0 aromatic heterocycles. The molecule has 1 aromatic carbocycles. The standard InChI is InChI=1S/C13H18ClNO/c1-13(2,16)8-15-12-6-4-9-3-5-10(14)7-11(9)12/h3,5,7,12,15-16H,4,6,8H2,1-2H3. The summed E-state index contributed by atoms with van der Waals surface area (Å²) in [6.45, 7) is 4.23. The fraction of sp³-hybridized carbons (Fsp3) is 0.538. The molecule has 0 heterocycles. The molecule has 0 radical (unpaired) electrons. The van der Waals surface area contributed by atoms with Crippen molar-refractivity contribution < 1.29 is 5.11 Å². The van der Waals surface area contributed by atoms with E-state index in [9.17, 15) is 5.11 Å². The third-order valence-electron chi connectivity index (χ3n) is 2.97. The fourth-order valence-electron chi connectivity index (χ4n) is 2.16. The van der Waals surface area contributed by atoms with Gasteiger partial charge >= 0.3 is 0 Å². The third kappa shape index (κ3) is 2.76. The van der Waals surface area contributed by atoms with Crippen LogP contribution in [-0.2, 0) is 6.42 Å². The fourth-order valence-corrected chi connectivity index (χ4v) is 2.34. The van der Waals surface area contributed by atoms with Crippen molar-refractivity contribution in [3.8, 4) is 0 Å². The largest absolute Gasteiger partial charge is 0.389 e. The summed E-state index contributed by atoms with van der Waals surface area (Å²) >= 11 is 6.00. The van der Waals surface area contributed by atoms with Gasteiger partial charge in [0.2, 0.25) is 0 Å². The Morgan fingerprint density at radius 2 is 2.25 bits per heavy atom. The highest BCUT2D eigenvalue weighted by Gasteiger charge is 2.24. The molecule has 1 aliphatic rings. The Morgan fingerprint density at radius 3 is 2.94 bits per heavy atom. The minimum atomic E-state index is -0.665. The van der Waals surface area contributed by atoms with Crippen LogP contribution in [0.4, 0.5) is 0 Å². The number of nitrogens with one attached hydrogen (secondary N) is 1. The second-order valence-electron chi connectivity index (χ2n) is 5.13. The van der Waals surface area contributed by atoms with Crippen molar-refractivity contribution in [2.45, 2.75) is 38.3 Å². The van der Waals surface area contributed by atoms with Gasteiger partial charge in [0.05, 0.1) is 5.60 Å². The van der Waals surface area contributed by atoms with Gasteiger partial charge in [0, 0.05) is 17.6 Å². The van der Waals surface area contributed by atoms with Crippen LogP contribution in [0.3, 0.4) is 0 Å². The van der Waals surface area contributed by atoms with Crippen molar-refractivity contribution in [3.63, 3.8) is 0 Å². The second kappa shape index (κ2) is 4.36. The number of hydrogen-bond acceptors (Lipinski definition) is 2. The van der Waals surface area contributed by atoms with E-state index in [1.165, 1.54) is 11.1 Å². The van der Waals surface area contributed by atoms with E-state index in [2.05, 4.69) is 11.4 Å². The Balaban J connectivity index is 2.08. The van der Waals surface area contributed by atoms with Crippen LogP contribution in [0.1, 0.15) is 37.4 Å². The number of fused-ring (bicyclic) bond motifs is 1. The lowest BCUT2D eigenvalue weighted by Crippen LogP contribution is -2.36. The van der Waals surface area contributed by atoms with Gasteiger partial charge in [-0.05, 0) is 49.9 Å². The van der Waals surface area contributed by atoms with E-state index in [0.717, 1.165) is 17.9 Å². The SMILES string of the molecule is CC(C)(O)CNC1CCc2ccc(Cl)cc21. The maximum atomic E-state index is 9.69. The van der Waals surface area contributed by atoms with Crippen LogP contribution in [0, 0.1) is 0 Å². The molecular formula is C13H18ClNO. The highest BCUT2D eigenvalue weighted by molar-refractivity contribution is 6.30. The van der Waals surface area contributed by atoms with E-state index < -0.39 is 5.60 Å². The van der Waals surface area contributed by atoms with Gasteiger partial charge in [0.15, 0.2) is 0 Å². The highest BCUT2D eigenvalue weighted by Crippen LogP contribution is 2.33. The molecule has 1 aromatic rings. The number of hydrogen-bond donors (Lipinski definition) is 2. The molecule has 2 rings (SSSR count). The van der Waals surface area contributed by atoms with E-state index >= 15 is 0 Å². The Kier molecular flexibility index (Phi) is 3.24. The molecule has 2 nitrogen and oxygen atoms in total. The summed E-state index contributed by atoms with van der Waals surface area (Å²) in [4.78, 5) is 0. The average Bonchev–Trinajstić information content (AvgIpc) is 2.56. The number of rotatable bonds is 3. The number of halogens is 1. The van der Waals surface area contributed by atoms with Gasteiger partial charge < -0.3 is 10.4 Å². The number of aryl methyl sites for hydroxylation is 1. The molecule has 0 bridgehead atoms. The highest BCUT2D eigenvalue weighted by atomic mass is 35.5. The quantitative estimate of drug-likeness (QED) is 0.850. The van der Waals surface area contributed by atoms with Crippen LogP contribution in [0.2, 0.25) is 5.02 Å². The molecule has 0 saturated heterocycles. The summed E-state index contributed by atoms with van der Waals surface area (Å²) in [6, 6.07) is 6.41. The Bertz CT molecular complexity index is 384. The van der Waals surface area contributed by atoms with E-state index in [1.807, 2.05) is 26.0 Å². The van der Waals surface area contributed by atoms with E-state index in [0.29, 0.717) is 12.6 Å². The molecule has 1 atom stereocenters. The Morgan fingerprint density at radius 1 is 1.50 bits per heavy atom. The second-order valence-corrected chi connectivity index (χ2v) is 5.56. The van der Waals surface area contributed by atoms with Gasteiger partial charge in [-0.1, -0.05) is 17.7 Å². The van der Waals surface area contributed by atoms with Crippen LogP contribution in [0.15, 0.2) is 18.2 Å². The average molecular weight is 240 g/mol. The zero-order valence-corrected chi connectivity index (χ0v) is 10.5. The molecule has 16 heavy (non-hydrogen) atoms. The van der Waals surface area contributed by atoms with Crippen molar-refractivity contribution in [2.24, 2.45) is 0 Å². The van der Waals surface area contributed by atoms with Gasteiger partial charge in [0.25, 0.3) is 0 Å². The van der Waals surface area contributed by atoms with Crippen LogP contribution in [0.25, 0.3) is 0 Å². The van der Waals surface area contributed by atoms with Crippen LogP contribution >= 0.6 is 11.6 Å². The molecule has 0 amide bonds. The van der Waals surface area contributed by atoms with Crippen LogP contribution in [0.5, 0.6) is 0 Å². The van der Waals surface area contributed by atoms with E-state index in [4.69, 9.17) is 11.6 Å². The summed E-state index contributed by atoms with van der Waals surface area (Å²) in [5.74, 6) is 0. The summed E-state index contributed by atoms with van der Waals surface area (Å²) in [7, 11) is 0. The molecule has 0 saturated carbocycles. The summed E-state index contributed by atoms with van der Waals surface area (Å²) in [6.07, 6.45) is 2.18. The van der Waals surface area contributed by atoms with Gasteiger partial charge in [-0.25, -0.2) is 0 Å². The van der Waals surface area contributed by atoms with Gasteiger partial charge in [-0.2, -0.15) is 0 Å². The monoisotopic (exact) mass is 239 g/mol. The lowest BCUT2D eigenvalue weighted by Gasteiger charge is -2.22. The summed E-state index contributed by atoms with van der Waals surface area (Å²) in [5, 5.41) is 13.9. The van der Waals surface area contributed by atoms with Crippen molar-refractivity contribution in [2.75, 3.05) is 6.54 Å². The molecule has 0 spiro atoms. The molecular weight excluding hydrogens is 222 g/mol. The zero-order valence-electron chi connectivity index (χ0n) is 9.76. The normalized spacial score (nSPS) is 19.9. The minimum absolute atomic E-state index is 0.333. The first-order valence-electron chi connectivity index (χ1n) is 5.70. The molecule has 2 N–H and O–H groups in total. The topological polar surface area (TPSA) is 32.3 Å².